The normalized spacial score (nSPS) is 21.8. The van der Waals surface area contributed by atoms with Gasteiger partial charge in [-0.2, -0.15) is 0 Å². The summed E-state index contributed by atoms with van der Waals surface area (Å²) in [6, 6.07) is 0. The monoisotopic (exact) mass is 318 g/mol. The Morgan fingerprint density at radius 2 is 2.00 bits per heavy atom. The van der Waals surface area contributed by atoms with Crippen LogP contribution in [0.1, 0.15) is 43.5 Å². The molecule has 0 amide bonds. The lowest BCUT2D eigenvalue weighted by Gasteiger charge is -2.16. The molecule has 2 aliphatic rings. The summed E-state index contributed by atoms with van der Waals surface area (Å²) < 4.78 is 6.86. The number of aliphatic hydroxyl groups excluding tert-OH is 1. The van der Waals surface area contributed by atoms with Gasteiger partial charge in [-0.05, 0) is 6.42 Å². The molecule has 0 aromatic carbocycles. The highest BCUT2D eigenvalue weighted by Crippen LogP contribution is 2.24. The highest BCUT2D eigenvalue weighted by Gasteiger charge is 2.29. The zero-order chi connectivity index (χ0) is 16.6. The summed E-state index contributed by atoms with van der Waals surface area (Å²) in [5.74, 6) is -0.864. The van der Waals surface area contributed by atoms with E-state index in [-0.39, 0.29) is 29.9 Å². The molecule has 122 valence electrons. The molecule has 0 bridgehead atoms. The van der Waals surface area contributed by atoms with Crippen molar-refractivity contribution in [2.75, 3.05) is 13.2 Å². The predicted molar refractivity (Wildman–Crippen MR) is 81.1 cm³/mol. The van der Waals surface area contributed by atoms with E-state index in [9.17, 15) is 19.5 Å². The Labute approximate surface area is 132 Å². The number of rotatable bonds is 1. The second-order valence-electron chi connectivity index (χ2n) is 5.89. The van der Waals surface area contributed by atoms with Crippen LogP contribution in [0.3, 0.4) is 0 Å². The van der Waals surface area contributed by atoms with Crippen molar-refractivity contribution in [2.24, 2.45) is 0 Å². The minimum Gasteiger partial charge on any atom is -0.506 e. The number of fused-ring (bicyclic) bond motifs is 1. The number of hydrogen-bond donors (Lipinski definition) is 1. The Balaban J connectivity index is 2.14. The highest BCUT2D eigenvalue weighted by atomic mass is 16.5. The van der Waals surface area contributed by atoms with E-state index >= 15 is 0 Å². The largest absolute Gasteiger partial charge is 0.506 e. The number of ketones is 2. The molecule has 1 aliphatic heterocycles. The van der Waals surface area contributed by atoms with Crippen LogP contribution in [0.4, 0.5) is 0 Å². The maximum Gasteiger partial charge on any atom is 0.264 e. The molecule has 0 saturated heterocycles. The number of aliphatic hydroxyl groups is 1. The van der Waals surface area contributed by atoms with Gasteiger partial charge in [-0.3, -0.25) is 19.0 Å². The van der Waals surface area contributed by atoms with Crippen LogP contribution >= 0.6 is 0 Å². The fourth-order valence-corrected chi connectivity index (χ4v) is 2.98. The number of ether oxygens (including phenoxy) is 1. The van der Waals surface area contributed by atoms with Gasteiger partial charge in [-0.25, -0.2) is 4.98 Å². The smallest absolute Gasteiger partial charge is 0.264 e. The Morgan fingerprint density at radius 1 is 1.30 bits per heavy atom. The third kappa shape index (κ3) is 2.72. The number of allylic oxidation sites excluding steroid dienone is 1. The van der Waals surface area contributed by atoms with E-state index in [4.69, 9.17) is 4.74 Å². The van der Waals surface area contributed by atoms with Crippen LogP contribution in [0, 0.1) is 0 Å². The van der Waals surface area contributed by atoms with Gasteiger partial charge in [0.15, 0.2) is 11.6 Å². The van der Waals surface area contributed by atoms with Crippen molar-refractivity contribution < 1.29 is 19.4 Å². The van der Waals surface area contributed by atoms with Crippen molar-refractivity contribution in [3.63, 3.8) is 0 Å². The summed E-state index contributed by atoms with van der Waals surface area (Å²) >= 11 is 0. The molecule has 1 atom stereocenters. The molecule has 0 radical (unpaired) electrons. The molecule has 1 unspecified atom stereocenters. The van der Waals surface area contributed by atoms with E-state index in [2.05, 4.69) is 4.98 Å². The Kier molecular flexibility index (Phi) is 4.12. The number of carbonyl (C=O) groups excluding carboxylic acids is 2. The first-order chi connectivity index (χ1) is 11.0. The van der Waals surface area contributed by atoms with Crippen molar-refractivity contribution in [1.29, 1.82) is 0 Å². The fourth-order valence-electron chi connectivity index (χ4n) is 2.98. The molecule has 3 rings (SSSR count). The molecule has 7 nitrogen and oxygen atoms in total. The fraction of sp³-hybridized carbons (Fsp3) is 0.500. The molecule has 7 heteroatoms. The van der Waals surface area contributed by atoms with Gasteiger partial charge in [0.1, 0.15) is 22.7 Å². The number of aromatic nitrogens is 2. The third-order valence-electron chi connectivity index (χ3n) is 4.20. The molecular weight excluding hydrogens is 300 g/mol. The van der Waals surface area contributed by atoms with E-state index < -0.39 is 22.9 Å². The molecule has 1 fully saturated rings. The van der Waals surface area contributed by atoms with Crippen LogP contribution < -0.4 is 5.56 Å². The number of carbonyl (C=O) groups is 2. The molecule has 2 heterocycles. The van der Waals surface area contributed by atoms with Crippen molar-refractivity contribution in [3.8, 4) is 0 Å². The second-order valence-corrected chi connectivity index (χ2v) is 5.89. The minimum absolute atomic E-state index is 0.0491. The van der Waals surface area contributed by atoms with Crippen molar-refractivity contribution in [3.05, 3.63) is 33.5 Å². The van der Waals surface area contributed by atoms with E-state index in [1.54, 1.807) is 0 Å². The van der Waals surface area contributed by atoms with E-state index in [0.29, 0.717) is 32.0 Å². The van der Waals surface area contributed by atoms with Gasteiger partial charge in [-0.1, -0.05) is 6.92 Å². The lowest BCUT2D eigenvalue weighted by molar-refractivity contribution is -0.123. The minimum atomic E-state index is -0.551. The summed E-state index contributed by atoms with van der Waals surface area (Å²) in [7, 11) is 0. The lowest BCUT2D eigenvalue weighted by Crippen LogP contribution is -2.30. The van der Waals surface area contributed by atoms with Gasteiger partial charge in [0.25, 0.3) is 5.56 Å². The summed E-state index contributed by atoms with van der Waals surface area (Å²) in [6.07, 6.45) is 2.13. The average molecular weight is 318 g/mol. The maximum absolute atomic E-state index is 12.7. The van der Waals surface area contributed by atoms with Gasteiger partial charge in [0.05, 0.1) is 19.8 Å². The first kappa shape index (κ1) is 15.6. The zero-order valence-electron chi connectivity index (χ0n) is 12.9. The second kappa shape index (κ2) is 6.08. The lowest BCUT2D eigenvalue weighted by atomic mass is 9.90. The molecule has 23 heavy (non-hydrogen) atoms. The third-order valence-corrected chi connectivity index (χ3v) is 4.20. The number of hydrogen-bond acceptors (Lipinski definition) is 6. The summed E-state index contributed by atoms with van der Waals surface area (Å²) in [5.41, 5.74) is -0.835. The van der Waals surface area contributed by atoms with Crippen LogP contribution in [0.15, 0.2) is 16.6 Å². The molecule has 1 saturated carbocycles. The quantitative estimate of drug-likeness (QED) is 0.470. The summed E-state index contributed by atoms with van der Waals surface area (Å²) in [6.45, 7) is 3.06. The van der Waals surface area contributed by atoms with E-state index in [0.717, 1.165) is 0 Å². The first-order valence-corrected chi connectivity index (χ1v) is 7.68. The van der Waals surface area contributed by atoms with Gasteiger partial charge < -0.3 is 9.84 Å². The van der Waals surface area contributed by atoms with E-state index in [1.807, 2.05) is 6.92 Å². The average Bonchev–Trinajstić information content (AvgIpc) is 2.70. The molecule has 1 aromatic heterocycles. The summed E-state index contributed by atoms with van der Waals surface area (Å²) in [4.78, 5) is 40.8. The SMILES string of the molecule is CC1COCCn2c1ncc(C(O)=C1C(=O)CCCC1=O)c2=O. The first-order valence-electron chi connectivity index (χ1n) is 7.68. The summed E-state index contributed by atoms with van der Waals surface area (Å²) in [5, 5.41) is 10.4. The molecule has 1 aliphatic carbocycles. The molecule has 1 aromatic rings. The van der Waals surface area contributed by atoms with Gasteiger partial charge in [-0.15, -0.1) is 0 Å². The number of Topliss-reactive ketones (excluding diaryl/α,β-unsaturated/α-hetero) is 2. The van der Waals surface area contributed by atoms with Crippen LogP contribution in [-0.4, -0.2) is 39.4 Å². The Morgan fingerprint density at radius 3 is 2.70 bits per heavy atom. The Hall–Kier alpha value is -2.28. The van der Waals surface area contributed by atoms with Crippen LogP contribution in [0.25, 0.3) is 5.76 Å². The maximum atomic E-state index is 12.7. The molecular formula is C16H18N2O5. The highest BCUT2D eigenvalue weighted by molar-refractivity contribution is 6.25. The van der Waals surface area contributed by atoms with Crippen molar-refractivity contribution in [1.82, 2.24) is 9.55 Å². The topological polar surface area (TPSA) is 98.5 Å². The van der Waals surface area contributed by atoms with Crippen LogP contribution in [0.2, 0.25) is 0 Å². The predicted octanol–water partition coefficient (Wildman–Crippen LogP) is 0.968. The number of nitrogens with zero attached hydrogens (tertiary/aromatic N) is 2. The van der Waals surface area contributed by atoms with Crippen molar-refractivity contribution in [2.45, 2.75) is 38.6 Å². The van der Waals surface area contributed by atoms with Gasteiger partial charge in [0.2, 0.25) is 0 Å². The molecule has 0 spiro atoms. The van der Waals surface area contributed by atoms with Gasteiger partial charge in [0, 0.05) is 25.0 Å². The molecule has 1 N–H and O–H groups in total. The van der Waals surface area contributed by atoms with Gasteiger partial charge >= 0.3 is 0 Å². The standard InChI is InChI=1S/C16H18N2O5/c1-9-8-23-6-5-18-15(9)17-7-10(16(18)22)14(21)13-11(19)3-2-4-12(13)20/h7,9,21H,2-6,8H2,1H3. The van der Waals surface area contributed by atoms with Crippen LogP contribution in [0.5, 0.6) is 0 Å². The van der Waals surface area contributed by atoms with E-state index in [1.165, 1.54) is 10.8 Å². The van der Waals surface area contributed by atoms with Crippen LogP contribution in [-0.2, 0) is 20.9 Å². The zero-order valence-corrected chi connectivity index (χ0v) is 12.9. The van der Waals surface area contributed by atoms with Crippen molar-refractivity contribution >= 4 is 17.3 Å². The Bertz CT molecular complexity index is 744.